The summed E-state index contributed by atoms with van der Waals surface area (Å²) in [6, 6.07) is 3.75. The Morgan fingerprint density at radius 3 is 1.83 bits per heavy atom. The highest BCUT2D eigenvalue weighted by Crippen LogP contribution is 1.81. The van der Waals surface area contributed by atoms with E-state index in [1.54, 1.807) is 12.4 Å². The maximum atomic E-state index is 5.19. The Hall–Kier alpha value is -0.720. The van der Waals surface area contributed by atoms with Gasteiger partial charge in [0.25, 0.3) is 0 Å². The summed E-state index contributed by atoms with van der Waals surface area (Å²) in [4.78, 5) is 0. The Morgan fingerprint density at radius 2 is 1.67 bits per heavy atom. The van der Waals surface area contributed by atoms with Crippen molar-refractivity contribution in [2.75, 3.05) is 0 Å². The molecule has 2 radical (unpaired) electrons. The van der Waals surface area contributed by atoms with Crippen LogP contribution < -0.4 is 0 Å². The fourth-order valence-corrected chi connectivity index (χ4v) is 0.348. The molecule has 1 heterocycles. The molecule has 0 unspecified atom stereocenters. The van der Waals surface area contributed by atoms with Gasteiger partial charge in [-0.15, -0.1) is 0 Å². The zero-order chi connectivity index (χ0) is 4.41. The van der Waals surface area contributed by atoms with Crippen LogP contribution in [0.15, 0.2) is 24.5 Å². The molecule has 0 aromatic carbocycles. The number of rotatable bonds is 0. The minimum Gasteiger partial charge on any atom is -0.347 e. The highest BCUT2D eigenvalue weighted by Gasteiger charge is 1.69. The molecule has 0 aliphatic heterocycles. The topological polar surface area (TPSA) is 4.93 Å². The number of aromatic nitrogens is 1. The van der Waals surface area contributed by atoms with Crippen molar-refractivity contribution in [3.63, 3.8) is 0 Å². The van der Waals surface area contributed by atoms with E-state index in [2.05, 4.69) is 0 Å². The van der Waals surface area contributed by atoms with Gasteiger partial charge in [0.2, 0.25) is 0 Å². The van der Waals surface area contributed by atoms with E-state index in [0.717, 1.165) is 0 Å². The van der Waals surface area contributed by atoms with Crippen LogP contribution in [0.1, 0.15) is 0 Å². The summed E-state index contributed by atoms with van der Waals surface area (Å²) < 4.78 is 1.50. The molecule has 0 aliphatic carbocycles. The van der Waals surface area contributed by atoms with E-state index >= 15 is 0 Å². The molecule has 1 aromatic heterocycles. The first-order valence-corrected chi connectivity index (χ1v) is 1.77. The zero-order valence-corrected chi connectivity index (χ0v) is 3.33. The molecule has 0 aliphatic rings. The van der Waals surface area contributed by atoms with Crippen LogP contribution in [0.3, 0.4) is 0 Å². The smallest absolute Gasteiger partial charge is 0.0786 e. The Labute approximate surface area is 37.2 Å². The first-order valence-electron chi connectivity index (χ1n) is 1.77. The van der Waals surface area contributed by atoms with Crippen LogP contribution in [0.25, 0.3) is 0 Å². The highest BCUT2D eigenvalue weighted by atomic mass is 14.9. The predicted molar refractivity (Wildman–Crippen MR) is 24.1 cm³/mol. The van der Waals surface area contributed by atoms with E-state index in [0.29, 0.717) is 0 Å². The van der Waals surface area contributed by atoms with E-state index in [4.69, 9.17) is 7.05 Å². The Balaban J connectivity index is 3.05. The van der Waals surface area contributed by atoms with Gasteiger partial charge in [-0.3, -0.25) is 0 Å². The monoisotopic (exact) mass is 79.0 g/mol. The minimum absolute atomic E-state index is 1.50. The molecule has 0 spiro atoms. The molecule has 0 atom stereocenters. The second-order valence-electron chi connectivity index (χ2n) is 1.13. The molecule has 1 nitrogen and oxygen atoms in total. The van der Waals surface area contributed by atoms with E-state index in [9.17, 15) is 0 Å². The van der Waals surface area contributed by atoms with Gasteiger partial charge in [0.1, 0.15) is 0 Å². The summed E-state index contributed by atoms with van der Waals surface area (Å²) >= 11 is 0. The number of hydrogen-bond acceptors (Lipinski definition) is 0. The summed E-state index contributed by atoms with van der Waals surface area (Å²) in [7, 11) is 5.19. The molecule has 1 heteroatoms. The van der Waals surface area contributed by atoms with Crippen molar-refractivity contribution < 1.29 is 0 Å². The standard InChI is InChI=1S/C5H5N/c1-6-4-2-3-5-6/h1-5H. The summed E-state index contributed by atoms with van der Waals surface area (Å²) in [6.07, 6.45) is 3.56. The molecule has 6 heavy (non-hydrogen) atoms. The van der Waals surface area contributed by atoms with Crippen molar-refractivity contribution in [2.45, 2.75) is 0 Å². The normalized spacial score (nSPS) is 8.83. The first-order chi connectivity index (χ1) is 2.89. The third kappa shape index (κ3) is 0.432. The molecule has 0 N–H and O–H groups in total. The van der Waals surface area contributed by atoms with Crippen molar-refractivity contribution in [3.05, 3.63) is 31.6 Å². The first kappa shape index (κ1) is 3.47. The third-order valence-corrected chi connectivity index (χ3v) is 0.628. The second kappa shape index (κ2) is 1.17. The van der Waals surface area contributed by atoms with Crippen molar-refractivity contribution in [3.8, 4) is 0 Å². The van der Waals surface area contributed by atoms with Crippen molar-refractivity contribution in [2.24, 2.45) is 0 Å². The van der Waals surface area contributed by atoms with Gasteiger partial charge in [-0.2, -0.15) is 0 Å². The molecule has 1 aromatic rings. The van der Waals surface area contributed by atoms with Crippen LogP contribution in [0, 0.1) is 7.05 Å². The Bertz CT molecular complexity index is 107. The fraction of sp³-hybridized carbons (Fsp3) is 0. The molecule has 1 rings (SSSR count). The molecule has 0 saturated heterocycles. The van der Waals surface area contributed by atoms with E-state index < -0.39 is 0 Å². The number of nitrogens with zero attached hydrogens (tertiary/aromatic N) is 1. The lowest BCUT2D eigenvalue weighted by atomic mass is 10.7. The Morgan fingerprint density at radius 1 is 1.17 bits per heavy atom. The van der Waals surface area contributed by atoms with Gasteiger partial charge >= 0.3 is 0 Å². The zero-order valence-electron chi connectivity index (χ0n) is 3.33. The average Bonchev–Trinajstić information content (AvgIpc) is 1.86. The lowest BCUT2D eigenvalue weighted by molar-refractivity contribution is 1.09. The number of hydrogen-bond donors (Lipinski definition) is 0. The van der Waals surface area contributed by atoms with Gasteiger partial charge in [0.15, 0.2) is 0 Å². The molecule has 0 saturated carbocycles. The van der Waals surface area contributed by atoms with Crippen LogP contribution in [0.4, 0.5) is 0 Å². The van der Waals surface area contributed by atoms with Crippen LogP contribution in [0.2, 0.25) is 0 Å². The largest absolute Gasteiger partial charge is 0.347 e. The van der Waals surface area contributed by atoms with Crippen LogP contribution >= 0.6 is 0 Å². The quantitative estimate of drug-likeness (QED) is 0.437. The van der Waals surface area contributed by atoms with Crippen LogP contribution in [0.5, 0.6) is 0 Å². The summed E-state index contributed by atoms with van der Waals surface area (Å²) in [6.45, 7) is 0. The molecule has 0 bridgehead atoms. The van der Waals surface area contributed by atoms with Crippen molar-refractivity contribution in [1.29, 1.82) is 0 Å². The van der Waals surface area contributed by atoms with Gasteiger partial charge in [0, 0.05) is 12.4 Å². The highest BCUT2D eigenvalue weighted by molar-refractivity contribution is 4.90. The molecule has 0 amide bonds. The molecular formula is C5H5N. The fourth-order valence-electron chi connectivity index (χ4n) is 0.348. The molecule has 30 valence electrons. The predicted octanol–water partition coefficient (Wildman–Crippen LogP) is 1.00. The van der Waals surface area contributed by atoms with E-state index in [-0.39, 0.29) is 0 Å². The summed E-state index contributed by atoms with van der Waals surface area (Å²) in [5.74, 6) is 0. The average molecular weight is 79.1 g/mol. The lowest BCUT2D eigenvalue weighted by Gasteiger charge is -1.77. The summed E-state index contributed by atoms with van der Waals surface area (Å²) in [5, 5.41) is 0. The lowest BCUT2D eigenvalue weighted by Crippen LogP contribution is -1.71. The van der Waals surface area contributed by atoms with Gasteiger partial charge in [-0.1, -0.05) is 0 Å². The van der Waals surface area contributed by atoms with Gasteiger partial charge in [0.05, 0.1) is 7.05 Å². The Kier molecular flexibility index (Phi) is 0.675. The van der Waals surface area contributed by atoms with Gasteiger partial charge in [-0.25, -0.2) is 0 Å². The van der Waals surface area contributed by atoms with Gasteiger partial charge in [-0.05, 0) is 12.1 Å². The molecular weight excluding hydrogens is 74.1 g/mol. The van der Waals surface area contributed by atoms with Crippen LogP contribution in [-0.2, 0) is 0 Å². The van der Waals surface area contributed by atoms with E-state index in [1.807, 2.05) is 12.1 Å². The third-order valence-electron chi connectivity index (χ3n) is 0.628. The second-order valence-corrected chi connectivity index (χ2v) is 1.13. The molecule has 0 fully saturated rings. The van der Waals surface area contributed by atoms with Gasteiger partial charge < -0.3 is 4.57 Å². The van der Waals surface area contributed by atoms with Crippen LogP contribution in [-0.4, -0.2) is 4.57 Å². The SMILES string of the molecule is [CH]n1cccc1. The van der Waals surface area contributed by atoms with Crippen molar-refractivity contribution in [1.82, 2.24) is 4.57 Å². The maximum absolute atomic E-state index is 5.19. The maximum Gasteiger partial charge on any atom is 0.0786 e. The van der Waals surface area contributed by atoms with E-state index in [1.165, 1.54) is 4.57 Å². The summed E-state index contributed by atoms with van der Waals surface area (Å²) in [5.41, 5.74) is 0. The minimum atomic E-state index is 1.50. The van der Waals surface area contributed by atoms with Crippen molar-refractivity contribution >= 4 is 0 Å².